The maximum absolute atomic E-state index is 10.7. The third-order valence-corrected chi connectivity index (χ3v) is 3.08. The Labute approximate surface area is 120 Å². The number of aliphatic carboxylic acids is 1. The number of nitrogens with one attached hydrogen (secondary N) is 1. The van der Waals surface area contributed by atoms with Gasteiger partial charge in [-0.05, 0) is 24.0 Å². The highest BCUT2D eigenvalue weighted by atomic mass is 32.2. The second-order valence-electron chi connectivity index (χ2n) is 4.06. The maximum atomic E-state index is 10.7. The van der Waals surface area contributed by atoms with Gasteiger partial charge in [0.05, 0.1) is 18.3 Å². The van der Waals surface area contributed by atoms with Gasteiger partial charge in [0, 0.05) is 5.69 Å². The largest absolute Gasteiger partial charge is 0.481 e. The van der Waals surface area contributed by atoms with Crippen LogP contribution in [0, 0.1) is 0 Å². The van der Waals surface area contributed by atoms with Crippen molar-refractivity contribution in [2.75, 3.05) is 17.3 Å². The van der Waals surface area contributed by atoms with Crippen LogP contribution in [0.15, 0.2) is 35.6 Å². The molecule has 2 rings (SSSR count). The summed E-state index contributed by atoms with van der Waals surface area (Å²) in [5.41, 5.74) is 7.70. The quantitative estimate of drug-likeness (QED) is 0.573. The third-order valence-electron chi connectivity index (χ3n) is 2.52. The number of benzene rings is 1. The Morgan fingerprint density at radius 2 is 2.30 bits per heavy atom. The van der Waals surface area contributed by atoms with E-state index in [4.69, 9.17) is 10.8 Å². The van der Waals surface area contributed by atoms with Gasteiger partial charge in [0.2, 0.25) is 0 Å². The summed E-state index contributed by atoms with van der Waals surface area (Å²) in [6, 6.07) is 7.13. The van der Waals surface area contributed by atoms with E-state index in [0.29, 0.717) is 22.2 Å². The van der Waals surface area contributed by atoms with Crippen molar-refractivity contribution < 1.29 is 9.90 Å². The summed E-state index contributed by atoms with van der Waals surface area (Å²) in [7, 11) is 0. The van der Waals surface area contributed by atoms with Gasteiger partial charge in [-0.1, -0.05) is 23.9 Å². The van der Waals surface area contributed by atoms with Crippen molar-refractivity contribution in [1.82, 2.24) is 9.97 Å². The van der Waals surface area contributed by atoms with Crippen molar-refractivity contribution in [2.24, 2.45) is 0 Å². The van der Waals surface area contributed by atoms with Crippen molar-refractivity contribution in [3.8, 4) is 0 Å². The maximum Gasteiger partial charge on any atom is 0.307 e. The second-order valence-corrected chi connectivity index (χ2v) is 4.83. The van der Waals surface area contributed by atoms with Gasteiger partial charge in [0.25, 0.3) is 0 Å². The van der Waals surface area contributed by atoms with E-state index in [9.17, 15) is 4.79 Å². The van der Waals surface area contributed by atoms with Crippen LogP contribution in [0.4, 0.5) is 17.2 Å². The smallest absolute Gasteiger partial charge is 0.307 e. The van der Waals surface area contributed by atoms with E-state index in [-0.39, 0.29) is 6.42 Å². The van der Waals surface area contributed by atoms with Crippen molar-refractivity contribution >= 4 is 34.9 Å². The molecule has 1 aromatic carbocycles. The van der Waals surface area contributed by atoms with Gasteiger partial charge in [0.15, 0.2) is 11.0 Å². The highest BCUT2D eigenvalue weighted by Crippen LogP contribution is 2.23. The molecule has 6 nitrogen and oxygen atoms in total. The lowest BCUT2D eigenvalue weighted by Crippen LogP contribution is -2.03. The fraction of sp³-hybridized carbons (Fsp3) is 0.154. The number of carboxylic acids is 1. The Kier molecular flexibility index (Phi) is 4.41. The van der Waals surface area contributed by atoms with Crippen LogP contribution in [0.2, 0.25) is 0 Å². The second kappa shape index (κ2) is 6.25. The molecule has 104 valence electrons. The first-order valence-corrected chi connectivity index (χ1v) is 7.05. The molecule has 0 spiro atoms. The number of thioether (sulfide) groups is 1. The van der Waals surface area contributed by atoms with Crippen molar-refractivity contribution in [3.05, 3.63) is 36.0 Å². The lowest BCUT2D eigenvalue weighted by molar-refractivity contribution is -0.136. The standard InChI is InChI=1S/C13H14N4O2S/c1-20-13-15-7-10(14)12(17-13)16-9-4-2-3-8(5-9)6-11(18)19/h2-5,7H,6,14H2,1H3,(H,18,19)(H,15,16,17). The van der Waals surface area contributed by atoms with E-state index in [2.05, 4.69) is 15.3 Å². The minimum absolute atomic E-state index is 0.0230. The molecule has 0 atom stereocenters. The molecule has 0 fully saturated rings. The number of hydrogen-bond donors (Lipinski definition) is 3. The average molecular weight is 290 g/mol. The normalized spacial score (nSPS) is 10.2. The molecular weight excluding hydrogens is 276 g/mol. The zero-order valence-corrected chi connectivity index (χ0v) is 11.6. The Morgan fingerprint density at radius 1 is 1.50 bits per heavy atom. The van der Waals surface area contributed by atoms with E-state index in [0.717, 1.165) is 5.69 Å². The van der Waals surface area contributed by atoms with Gasteiger partial charge in [0.1, 0.15) is 0 Å². The van der Waals surface area contributed by atoms with Crippen molar-refractivity contribution in [1.29, 1.82) is 0 Å². The van der Waals surface area contributed by atoms with Crippen LogP contribution < -0.4 is 11.1 Å². The Morgan fingerprint density at radius 3 is 3.00 bits per heavy atom. The SMILES string of the molecule is CSc1ncc(N)c(Nc2cccc(CC(=O)O)c2)n1. The molecule has 0 bridgehead atoms. The first kappa shape index (κ1) is 14.1. The lowest BCUT2D eigenvalue weighted by Gasteiger charge is -2.09. The average Bonchev–Trinajstić information content (AvgIpc) is 2.41. The van der Waals surface area contributed by atoms with Gasteiger partial charge in [-0.3, -0.25) is 4.79 Å². The van der Waals surface area contributed by atoms with Gasteiger partial charge < -0.3 is 16.2 Å². The fourth-order valence-electron chi connectivity index (χ4n) is 1.64. The predicted octanol–water partition coefficient (Wildman–Crippen LogP) is 2.15. The highest BCUT2D eigenvalue weighted by Gasteiger charge is 2.06. The molecule has 2 aromatic rings. The molecule has 1 heterocycles. The summed E-state index contributed by atoms with van der Waals surface area (Å²) in [6.45, 7) is 0. The number of rotatable bonds is 5. The summed E-state index contributed by atoms with van der Waals surface area (Å²) in [4.78, 5) is 19.1. The monoisotopic (exact) mass is 290 g/mol. The zero-order valence-electron chi connectivity index (χ0n) is 10.8. The van der Waals surface area contributed by atoms with E-state index in [1.807, 2.05) is 12.3 Å². The lowest BCUT2D eigenvalue weighted by atomic mass is 10.1. The highest BCUT2D eigenvalue weighted by molar-refractivity contribution is 7.98. The van der Waals surface area contributed by atoms with E-state index < -0.39 is 5.97 Å². The zero-order chi connectivity index (χ0) is 14.5. The van der Waals surface area contributed by atoms with E-state index in [1.165, 1.54) is 11.8 Å². The molecule has 0 aliphatic heterocycles. The Hall–Kier alpha value is -2.28. The fourth-order valence-corrected chi connectivity index (χ4v) is 1.98. The van der Waals surface area contributed by atoms with Gasteiger partial charge >= 0.3 is 5.97 Å². The van der Waals surface area contributed by atoms with Crippen LogP contribution in [-0.2, 0) is 11.2 Å². The summed E-state index contributed by atoms with van der Waals surface area (Å²) in [6.07, 6.45) is 3.40. The Bertz CT molecular complexity index is 634. The molecule has 0 aliphatic carbocycles. The minimum Gasteiger partial charge on any atom is -0.481 e. The molecule has 0 amide bonds. The molecule has 7 heteroatoms. The first-order chi connectivity index (χ1) is 9.58. The number of nitrogens with two attached hydrogens (primary N) is 1. The van der Waals surface area contributed by atoms with Gasteiger partial charge in [-0.2, -0.15) is 0 Å². The van der Waals surface area contributed by atoms with Crippen LogP contribution in [0.3, 0.4) is 0 Å². The number of nitrogens with zero attached hydrogens (tertiary/aromatic N) is 2. The predicted molar refractivity (Wildman–Crippen MR) is 79.3 cm³/mol. The topological polar surface area (TPSA) is 101 Å². The number of carbonyl (C=O) groups is 1. The van der Waals surface area contributed by atoms with Gasteiger partial charge in [-0.25, -0.2) is 9.97 Å². The van der Waals surface area contributed by atoms with Crippen LogP contribution in [0.1, 0.15) is 5.56 Å². The van der Waals surface area contributed by atoms with Crippen LogP contribution in [0.25, 0.3) is 0 Å². The Balaban J connectivity index is 2.23. The molecule has 4 N–H and O–H groups in total. The molecule has 0 aliphatic rings. The summed E-state index contributed by atoms with van der Waals surface area (Å²) < 4.78 is 0. The first-order valence-electron chi connectivity index (χ1n) is 5.82. The molecule has 0 unspecified atom stereocenters. The molecule has 0 saturated heterocycles. The number of aromatic nitrogens is 2. The number of nitrogen functional groups attached to an aromatic ring is 1. The van der Waals surface area contributed by atoms with Crippen LogP contribution in [0.5, 0.6) is 0 Å². The van der Waals surface area contributed by atoms with E-state index in [1.54, 1.807) is 24.4 Å². The van der Waals surface area contributed by atoms with Crippen LogP contribution >= 0.6 is 11.8 Å². The van der Waals surface area contributed by atoms with Gasteiger partial charge in [-0.15, -0.1) is 0 Å². The summed E-state index contributed by atoms with van der Waals surface area (Å²) in [5, 5.41) is 12.5. The molecule has 20 heavy (non-hydrogen) atoms. The number of anilines is 3. The molecule has 1 aromatic heterocycles. The molecule has 0 saturated carbocycles. The third kappa shape index (κ3) is 3.61. The van der Waals surface area contributed by atoms with Crippen LogP contribution in [-0.4, -0.2) is 27.3 Å². The number of carboxylic acid groups (broad SMARTS) is 1. The number of hydrogen-bond acceptors (Lipinski definition) is 6. The molecule has 0 radical (unpaired) electrons. The van der Waals surface area contributed by atoms with Crippen molar-refractivity contribution in [2.45, 2.75) is 11.6 Å². The molecular formula is C13H14N4O2S. The minimum atomic E-state index is -0.867. The summed E-state index contributed by atoms with van der Waals surface area (Å²) in [5.74, 6) is -0.356. The van der Waals surface area contributed by atoms with Crippen molar-refractivity contribution in [3.63, 3.8) is 0 Å². The van der Waals surface area contributed by atoms with E-state index >= 15 is 0 Å². The summed E-state index contributed by atoms with van der Waals surface area (Å²) >= 11 is 1.42.